The van der Waals surface area contributed by atoms with Crippen molar-refractivity contribution in [3.63, 3.8) is 0 Å². The van der Waals surface area contributed by atoms with Gasteiger partial charge in [0.05, 0.1) is 0 Å². The fraction of sp³-hybridized carbons (Fsp3) is 0.400. The monoisotopic (exact) mass is 341 g/mol. The van der Waals surface area contributed by atoms with Gasteiger partial charge in [0.1, 0.15) is 5.69 Å². The second kappa shape index (κ2) is 7.87. The number of rotatable bonds is 2. The third-order valence-corrected chi connectivity index (χ3v) is 2.82. The van der Waals surface area contributed by atoms with Crippen LogP contribution in [-0.2, 0) is 0 Å². The number of hydrogen-bond donors (Lipinski definition) is 2. The van der Waals surface area contributed by atoms with Crippen LogP contribution in [0.1, 0.15) is 16.9 Å². The molecule has 17 heavy (non-hydrogen) atoms. The number of hydrogen-bond acceptors (Lipinski definition) is 3. The van der Waals surface area contributed by atoms with Gasteiger partial charge < -0.3 is 10.6 Å². The lowest BCUT2D eigenvalue weighted by molar-refractivity contribution is 0.0935. The van der Waals surface area contributed by atoms with Gasteiger partial charge in [-0.25, -0.2) is 4.98 Å². The molecule has 1 aromatic rings. The van der Waals surface area contributed by atoms with Gasteiger partial charge in [0, 0.05) is 23.3 Å². The van der Waals surface area contributed by atoms with Gasteiger partial charge >= 0.3 is 0 Å². The van der Waals surface area contributed by atoms with Gasteiger partial charge in [-0.3, -0.25) is 4.79 Å². The minimum atomic E-state index is -0.101. The summed E-state index contributed by atoms with van der Waals surface area (Å²) in [5.41, 5.74) is 0.463. The topological polar surface area (TPSA) is 54.0 Å². The van der Waals surface area contributed by atoms with Crippen LogP contribution in [0.15, 0.2) is 22.8 Å². The van der Waals surface area contributed by atoms with Gasteiger partial charge in [0.15, 0.2) is 0 Å². The van der Waals surface area contributed by atoms with E-state index in [-0.39, 0.29) is 36.8 Å². The largest absolute Gasteiger partial charge is 0.347 e. The summed E-state index contributed by atoms with van der Waals surface area (Å²) in [6, 6.07) is 3.76. The third kappa shape index (κ3) is 4.79. The van der Waals surface area contributed by atoms with Crippen molar-refractivity contribution in [3.8, 4) is 0 Å². The molecule has 1 unspecified atom stereocenters. The van der Waals surface area contributed by atoms with Crippen LogP contribution in [0.3, 0.4) is 0 Å². The molecule has 2 rings (SSSR count). The lowest BCUT2D eigenvalue weighted by atomic mass is 10.2. The van der Waals surface area contributed by atoms with Gasteiger partial charge in [-0.15, -0.1) is 24.8 Å². The van der Waals surface area contributed by atoms with Crippen molar-refractivity contribution in [2.24, 2.45) is 0 Å². The van der Waals surface area contributed by atoms with Gasteiger partial charge in [-0.05, 0) is 41.0 Å². The highest BCUT2D eigenvalue weighted by Crippen LogP contribution is 2.07. The van der Waals surface area contributed by atoms with Crippen LogP contribution >= 0.6 is 40.7 Å². The highest BCUT2D eigenvalue weighted by atomic mass is 79.9. The second-order valence-electron chi connectivity index (χ2n) is 3.52. The van der Waals surface area contributed by atoms with E-state index in [1.807, 2.05) is 6.07 Å². The summed E-state index contributed by atoms with van der Waals surface area (Å²) in [5, 5.41) is 6.13. The maximum atomic E-state index is 11.7. The fourth-order valence-corrected chi connectivity index (χ4v) is 1.78. The number of carbonyl (C=O) groups is 1. The maximum Gasteiger partial charge on any atom is 0.270 e. The highest BCUT2D eigenvalue weighted by Gasteiger charge is 2.17. The van der Waals surface area contributed by atoms with E-state index in [4.69, 9.17) is 0 Å². The highest BCUT2D eigenvalue weighted by molar-refractivity contribution is 9.10. The van der Waals surface area contributed by atoms with Gasteiger partial charge in [-0.1, -0.05) is 0 Å². The van der Waals surface area contributed by atoms with Crippen molar-refractivity contribution in [3.05, 3.63) is 28.5 Å². The molecule has 7 heteroatoms. The molecule has 0 aliphatic carbocycles. The molecule has 0 radical (unpaired) electrons. The Labute approximate surface area is 121 Å². The Morgan fingerprint density at radius 1 is 1.47 bits per heavy atom. The standard InChI is InChI=1S/C10H12BrN3O.2ClH/c11-7-1-2-9(13-5-7)10(15)14-8-3-4-12-6-8;;/h1-2,5,8,12H,3-4,6H2,(H,14,15);2*1H. The van der Waals surface area contributed by atoms with Gasteiger partial charge in [0.25, 0.3) is 5.91 Å². The van der Waals surface area contributed by atoms with Crippen LogP contribution < -0.4 is 10.6 Å². The van der Waals surface area contributed by atoms with Crippen LogP contribution in [-0.4, -0.2) is 30.0 Å². The zero-order chi connectivity index (χ0) is 10.7. The van der Waals surface area contributed by atoms with Crippen molar-refractivity contribution in [2.75, 3.05) is 13.1 Å². The normalized spacial score (nSPS) is 17.8. The van der Waals surface area contributed by atoms with Crippen LogP contribution in [0.5, 0.6) is 0 Å². The Morgan fingerprint density at radius 2 is 2.24 bits per heavy atom. The zero-order valence-corrected chi connectivity index (χ0v) is 12.2. The predicted molar refractivity (Wildman–Crippen MR) is 75.2 cm³/mol. The molecule has 0 bridgehead atoms. The summed E-state index contributed by atoms with van der Waals surface area (Å²) in [4.78, 5) is 15.7. The fourth-order valence-electron chi connectivity index (χ4n) is 1.55. The minimum Gasteiger partial charge on any atom is -0.347 e. The smallest absolute Gasteiger partial charge is 0.270 e. The van der Waals surface area contributed by atoms with Crippen LogP contribution in [0.25, 0.3) is 0 Å². The number of carbonyl (C=O) groups excluding carboxylic acids is 1. The molecule has 2 N–H and O–H groups in total. The number of halogens is 3. The summed E-state index contributed by atoms with van der Waals surface area (Å²) in [7, 11) is 0. The SMILES string of the molecule is Cl.Cl.O=C(NC1CCNC1)c1ccc(Br)cn1. The molecule has 1 amide bonds. The molecule has 1 fully saturated rings. The second-order valence-corrected chi connectivity index (χ2v) is 4.44. The van der Waals surface area contributed by atoms with Gasteiger partial charge in [0.2, 0.25) is 0 Å². The maximum absolute atomic E-state index is 11.7. The Bertz CT molecular complexity index is 355. The quantitative estimate of drug-likeness (QED) is 0.861. The van der Waals surface area contributed by atoms with Crippen LogP contribution in [0, 0.1) is 0 Å². The van der Waals surface area contributed by atoms with Crippen molar-refractivity contribution in [1.82, 2.24) is 15.6 Å². The van der Waals surface area contributed by atoms with Crippen molar-refractivity contribution < 1.29 is 4.79 Å². The van der Waals surface area contributed by atoms with E-state index in [1.165, 1.54) is 0 Å². The molecule has 96 valence electrons. The Morgan fingerprint density at radius 3 is 2.76 bits per heavy atom. The van der Waals surface area contributed by atoms with E-state index >= 15 is 0 Å². The summed E-state index contributed by atoms with van der Waals surface area (Å²) < 4.78 is 0.876. The van der Waals surface area contributed by atoms with E-state index in [9.17, 15) is 4.79 Å². The average molecular weight is 343 g/mol. The third-order valence-electron chi connectivity index (χ3n) is 2.36. The molecule has 1 aromatic heterocycles. The van der Waals surface area contributed by atoms with Crippen molar-refractivity contribution >= 4 is 46.7 Å². The molecule has 2 heterocycles. The number of nitrogens with one attached hydrogen (secondary N) is 2. The molecule has 1 atom stereocenters. The molecule has 1 aliphatic heterocycles. The first-order valence-electron chi connectivity index (χ1n) is 4.89. The number of pyridine rings is 1. The lowest BCUT2D eigenvalue weighted by Crippen LogP contribution is -2.36. The molecule has 0 aromatic carbocycles. The van der Waals surface area contributed by atoms with Crippen molar-refractivity contribution in [2.45, 2.75) is 12.5 Å². The lowest BCUT2D eigenvalue weighted by Gasteiger charge is -2.10. The molecular formula is C10H14BrCl2N3O. The Hall–Kier alpha value is -0.360. The van der Waals surface area contributed by atoms with E-state index in [0.717, 1.165) is 24.0 Å². The molecule has 4 nitrogen and oxygen atoms in total. The minimum absolute atomic E-state index is 0. The Kier molecular flexibility index (Phi) is 7.70. The molecule has 0 spiro atoms. The van der Waals surface area contributed by atoms with Crippen molar-refractivity contribution in [1.29, 1.82) is 0 Å². The number of nitrogens with zero attached hydrogens (tertiary/aromatic N) is 1. The first kappa shape index (κ1) is 16.6. The zero-order valence-electron chi connectivity index (χ0n) is 8.98. The molecule has 1 saturated heterocycles. The predicted octanol–water partition coefficient (Wildman–Crippen LogP) is 1.78. The van der Waals surface area contributed by atoms with E-state index in [1.54, 1.807) is 12.3 Å². The van der Waals surface area contributed by atoms with E-state index in [0.29, 0.717) is 5.69 Å². The van der Waals surface area contributed by atoms with Gasteiger partial charge in [-0.2, -0.15) is 0 Å². The molecule has 0 saturated carbocycles. The van der Waals surface area contributed by atoms with Crippen LogP contribution in [0.2, 0.25) is 0 Å². The van der Waals surface area contributed by atoms with Crippen LogP contribution in [0.4, 0.5) is 0 Å². The average Bonchev–Trinajstić information content (AvgIpc) is 2.71. The van der Waals surface area contributed by atoms with E-state index in [2.05, 4.69) is 31.5 Å². The summed E-state index contributed by atoms with van der Waals surface area (Å²) >= 11 is 3.28. The summed E-state index contributed by atoms with van der Waals surface area (Å²) in [5.74, 6) is -0.101. The summed E-state index contributed by atoms with van der Waals surface area (Å²) in [6.45, 7) is 1.82. The summed E-state index contributed by atoms with van der Waals surface area (Å²) in [6.07, 6.45) is 2.62. The molecular weight excluding hydrogens is 329 g/mol. The first-order chi connectivity index (χ1) is 7.25. The molecule has 1 aliphatic rings. The number of aromatic nitrogens is 1. The Balaban J connectivity index is 0.00000128. The first-order valence-corrected chi connectivity index (χ1v) is 5.68. The van der Waals surface area contributed by atoms with E-state index < -0.39 is 0 Å². The number of amides is 1.